The van der Waals surface area contributed by atoms with Crippen LogP contribution in [0.15, 0.2) is 199 Å². The first-order chi connectivity index (χ1) is 28.2. The van der Waals surface area contributed by atoms with Crippen molar-refractivity contribution in [2.45, 2.75) is 0 Å². The summed E-state index contributed by atoms with van der Waals surface area (Å²) in [6.07, 6.45) is 0. The standard InChI is InChI=1S/C56H32O/c1-2-9-33(10-3-1)38-19-20-39-28-50-51(31-41(39)27-38)57-52-32-42(54-44-16-7-5-12-40(44)29-48-43-15-6-4-11-34(43)21-25-47(48)54)30-49(56(50)52)45-24-22-37-18-17-35-13-8-14-36-23-26-46(45)55(37)53(35)36/h1-32H. The van der Waals surface area contributed by atoms with Gasteiger partial charge < -0.3 is 4.42 Å². The molecule has 57 heavy (non-hydrogen) atoms. The van der Waals surface area contributed by atoms with Crippen molar-refractivity contribution in [1.29, 1.82) is 0 Å². The van der Waals surface area contributed by atoms with Gasteiger partial charge in [0.25, 0.3) is 0 Å². The van der Waals surface area contributed by atoms with Crippen molar-refractivity contribution < 1.29 is 4.42 Å². The Bertz CT molecular complexity index is 3780. The summed E-state index contributed by atoms with van der Waals surface area (Å²) in [5, 5.41) is 19.8. The van der Waals surface area contributed by atoms with Gasteiger partial charge in [-0.1, -0.05) is 158 Å². The molecule has 0 spiro atoms. The summed E-state index contributed by atoms with van der Waals surface area (Å²) in [5.41, 5.74) is 8.97. The lowest BCUT2D eigenvalue weighted by Gasteiger charge is -2.17. The first kappa shape index (κ1) is 30.8. The van der Waals surface area contributed by atoms with Crippen molar-refractivity contribution in [3.05, 3.63) is 194 Å². The van der Waals surface area contributed by atoms with Crippen LogP contribution < -0.4 is 0 Å². The lowest BCUT2D eigenvalue weighted by Crippen LogP contribution is -1.91. The van der Waals surface area contributed by atoms with Crippen LogP contribution in [0.3, 0.4) is 0 Å². The minimum Gasteiger partial charge on any atom is -0.456 e. The molecule has 1 heteroatoms. The fourth-order valence-corrected chi connectivity index (χ4v) is 9.92. The van der Waals surface area contributed by atoms with E-state index in [4.69, 9.17) is 4.42 Å². The zero-order valence-corrected chi connectivity index (χ0v) is 30.9. The largest absolute Gasteiger partial charge is 0.456 e. The molecule has 13 aromatic rings. The molecule has 12 aromatic carbocycles. The Morgan fingerprint density at radius 3 is 1.79 bits per heavy atom. The molecule has 0 radical (unpaired) electrons. The Labute approximate surface area is 328 Å². The number of furan rings is 1. The highest BCUT2D eigenvalue weighted by Crippen LogP contribution is 2.48. The average molecular weight is 721 g/mol. The highest BCUT2D eigenvalue weighted by molar-refractivity contribution is 6.28. The molecule has 0 fully saturated rings. The summed E-state index contributed by atoms with van der Waals surface area (Å²) in [6, 6.07) is 71.7. The Morgan fingerprint density at radius 1 is 0.246 bits per heavy atom. The first-order valence-electron chi connectivity index (χ1n) is 19.7. The lowest BCUT2D eigenvalue weighted by atomic mass is 9.85. The van der Waals surface area contributed by atoms with Crippen LogP contribution in [0.1, 0.15) is 0 Å². The van der Waals surface area contributed by atoms with E-state index in [0.29, 0.717) is 0 Å². The minimum absolute atomic E-state index is 0.892. The lowest BCUT2D eigenvalue weighted by molar-refractivity contribution is 0.669. The zero-order valence-electron chi connectivity index (χ0n) is 30.9. The second-order valence-corrected chi connectivity index (χ2v) is 15.6. The molecule has 0 amide bonds. The summed E-state index contributed by atoms with van der Waals surface area (Å²) in [5.74, 6) is 0. The third kappa shape index (κ3) is 4.46. The van der Waals surface area contributed by atoms with Gasteiger partial charge in [0.1, 0.15) is 11.2 Å². The molecule has 1 nitrogen and oxygen atoms in total. The van der Waals surface area contributed by atoms with Gasteiger partial charge in [-0.2, -0.15) is 0 Å². The molecule has 262 valence electrons. The van der Waals surface area contributed by atoms with Crippen LogP contribution in [0.25, 0.3) is 131 Å². The van der Waals surface area contributed by atoms with E-state index in [-0.39, 0.29) is 0 Å². The summed E-state index contributed by atoms with van der Waals surface area (Å²) in [4.78, 5) is 0. The third-order valence-electron chi connectivity index (χ3n) is 12.5. The Kier molecular flexibility index (Phi) is 6.23. The number of fused-ring (bicyclic) bond motifs is 8. The van der Waals surface area contributed by atoms with Gasteiger partial charge in [-0.05, 0) is 145 Å². The van der Waals surface area contributed by atoms with Gasteiger partial charge in [0.2, 0.25) is 0 Å². The maximum Gasteiger partial charge on any atom is 0.136 e. The van der Waals surface area contributed by atoms with E-state index >= 15 is 0 Å². The second kappa shape index (κ2) is 11.5. The topological polar surface area (TPSA) is 13.1 Å². The summed E-state index contributed by atoms with van der Waals surface area (Å²) in [7, 11) is 0. The van der Waals surface area contributed by atoms with Crippen molar-refractivity contribution >= 4 is 97.3 Å². The van der Waals surface area contributed by atoms with Crippen LogP contribution in [-0.4, -0.2) is 0 Å². The predicted octanol–water partition coefficient (Wildman–Crippen LogP) is 16.1. The molecule has 0 aliphatic carbocycles. The highest BCUT2D eigenvalue weighted by atomic mass is 16.3. The molecule has 0 bridgehead atoms. The summed E-state index contributed by atoms with van der Waals surface area (Å²) < 4.78 is 7.05. The molecule has 13 rings (SSSR count). The van der Waals surface area contributed by atoms with E-state index in [2.05, 4.69) is 194 Å². The number of hydrogen-bond donors (Lipinski definition) is 0. The van der Waals surface area contributed by atoms with Gasteiger partial charge in [0, 0.05) is 10.8 Å². The van der Waals surface area contributed by atoms with Gasteiger partial charge in [-0.15, -0.1) is 0 Å². The smallest absolute Gasteiger partial charge is 0.136 e. The number of benzene rings is 12. The van der Waals surface area contributed by atoms with Gasteiger partial charge in [0.15, 0.2) is 0 Å². The van der Waals surface area contributed by atoms with Gasteiger partial charge >= 0.3 is 0 Å². The molecule has 0 atom stereocenters. The van der Waals surface area contributed by atoms with Gasteiger partial charge in [-0.3, -0.25) is 0 Å². The summed E-state index contributed by atoms with van der Waals surface area (Å²) in [6.45, 7) is 0. The monoisotopic (exact) mass is 720 g/mol. The van der Waals surface area contributed by atoms with E-state index < -0.39 is 0 Å². The van der Waals surface area contributed by atoms with Crippen LogP contribution in [0, 0.1) is 0 Å². The van der Waals surface area contributed by atoms with Gasteiger partial charge in [-0.25, -0.2) is 0 Å². The van der Waals surface area contributed by atoms with Crippen LogP contribution >= 0.6 is 0 Å². The first-order valence-corrected chi connectivity index (χ1v) is 19.7. The number of hydrogen-bond acceptors (Lipinski definition) is 1. The van der Waals surface area contributed by atoms with E-state index in [9.17, 15) is 0 Å². The Balaban J connectivity index is 1.17. The molecule has 0 N–H and O–H groups in total. The quantitative estimate of drug-likeness (QED) is 0.131. The molecule has 0 aliphatic rings. The van der Waals surface area contributed by atoms with Crippen molar-refractivity contribution in [2.24, 2.45) is 0 Å². The predicted molar refractivity (Wildman–Crippen MR) is 244 cm³/mol. The van der Waals surface area contributed by atoms with Crippen molar-refractivity contribution in [3.8, 4) is 33.4 Å². The fourth-order valence-electron chi connectivity index (χ4n) is 9.92. The third-order valence-corrected chi connectivity index (χ3v) is 12.5. The molecule has 0 unspecified atom stereocenters. The van der Waals surface area contributed by atoms with E-state index in [1.807, 2.05) is 0 Å². The maximum absolute atomic E-state index is 7.05. The van der Waals surface area contributed by atoms with Crippen LogP contribution in [0.4, 0.5) is 0 Å². The fraction of sp³-hybridized carbons (Fsp3) is 0. The van der Waals surface area contributed by atoms with Crippen molar-refractivity contribution in [2.75, 3.05) is 0 Å². The van der Waals surface area contributed by atoms with E-state index in [1.54, 1.807) is 0 Å². The zero-order chi connectivity index (χ0) is 37.2. The van der Waals surface area contributed by atoms with Crippen LogP contribution in [0.2, 0.25) is 0 Å². The van der Waals surface area contributed by atoms with Crippen molar-refractivity contribution in [1.82, 2.24) is 0 Å². The van der Waals surface area contributed by atoms with Crippen LogP contribution in [0.5, 0.6) is 0 Å². The maximum atomic E-state index is 7.05. The normalized spacial score (nSPS) is 12.2. The molecule has 0 saturated carbocycles. The molecule has 0 aliphatic heterocycles. The van der Waals surface area contributed by atoms with E-state index in [1.165, 1.54) is 103 Å². The minimum atomic E-state index is 0.892. The number of rotatable bonds is 3. The molecule has 1 aromatic heterocycles. The van der Waals surface area contributed by atoms with Gasteiger partial charge in [0.05, 0.1) is 0 Å². The Morgan fingerprint density at radius 2 is 0.912 bits per heavy atom. The highest BCUT2D eigenvalue weighted by Gasteiger charge is 2.21. The molecular formula is C56H32O. The summed E-state index contributed by atoms with van der Waals surface area (Å²) >= 11 is 0. The molecule has 0 saturated heterocycles. The van der Waals surface area contributed by atoms with E-state index in [0.717, 1.165) is 27.5 Å². The molecule has 1 heterocycles. The molecular weight excluding hydrogens is 689 g/mol. The van der Waals surface area contributed by atoms with Crippen molar-refractivity contribution in [3.63, 3.8) is 0 Å². The van der Waals surface area contributed by atoms with Crippen LogP contribution in [-0.2, 0) is 0 Å². The second-order valence-electron chi connectivity index (χ2n) is 15.6. The average Bonchev–Trinajstić information content (AvgIpc) is 3.63. The Hall–Kier alpha value is -7.48. The SMILES string of the molecule is c1ccc(-c2ccc3cc4c(cc3c2)oc2cc(-c3c5ccccc5cc5c3ccc3ccccc35)cc(-c3ccc5ccc6cccc7ccc3c5c67)c24)cc1.